The second kappa shape index (κ2) is 18.2. The van der Waals surface area contributed by atoms with Crippen molar-refractivity contribution < 1.29 is 24.9 Å². The fraction of sp³-hybridized carbons (Fsp3) is 0.607. The second-order valence-electron chi connectivity index (χ2n) is 8.93. The molecule has 34 heavy (non-hydrogen) atoms. The Bertz CT molecular complexity index is 693. The first-order valence-corrected chi connectivity index (χ1v) is 12.6. The van der Waals surface area contributed by atoms with Crippen molar-refractivity contribution in [1.82, 2.24) is 0 Å². The minimum Gasteiger partial charge on any atom is -0.497 e. The smallest absolute Gasteiger partial charge is 0.303 e. The third kappa shape index (κ3) is 12.4. The van der Waals surface area contributed by atoms with Crippen molar-refractivity contribution in [1.29, 1.82) is 0 Å². The quantitative estimate of drug-likeness (QED) is 0.217. The number of hydrogen-bond donors (Lipinski definition) is 4. The number of carbonyl (C=O) groups is 1. The highest BCUT2D eigenvalue weighted by molar-refractivity contribution is 5.66. The second-order valence-corrected chi connectivity index (χ2v) is 8.93. The molecule has 1 aromatic rings. The van der Waals surface area contributed by atoms with Crippen molar-refractivity contribution in [2.75, 3.05) is 7.11 Å². The molecule has 0 bridgehead atoms. The summed E-state index contributed by atoms with van der Waals surface area (Å²) in [5.74, 6) is 0.191. The molecule has 5 N–H and O–H groups in total. The van der Waals surface area contributed by atoms with Crippen molar-refractivity contribution >= 4 is 5.97 Å². The van der Waals surface area contributed by atoms with Crippen LogP contribution in [0.3, 0.4) is 0 Å². The number of aliphatic hydroxyl groups excluding tert-OH is 2. The lowest BCUT2D eigenvalue weighted by Gasteiger charge is -2.19. The minimum absolute atomic E-state index is 0.0230. The van der Waals surface area contributed by atoms with Crippen LogP contribution in [0.15, 0.2) is 48.6 Å². The lowest BCUT2D eigenvalue weighted by Crippen LogP contribution is -2.19. The van der Waals surface area contributed by atoms with E-state index in [0.29, 0.717) is 19.4 Å². The Morgan fingerprint density at radius 1 is 1.03 bits per heavy atom. The molecule has 2 rings (SSSR count). The summed E-state index contributed by atoms with van der Waals surface area (Å²) < 4.78 is 4.97. The van der Waals surface area contributed by atoms with Crippen LogP contribution in [0.1, 0.15) is 76.7 Å². The van der Waals surface area contributed by atoms with Crippen LogP contribution < -0.4 is 10.5 Å². The molecule has 1 aliphatic rings. The number of hydrogen-bond acceptors (Lipinski definition) is 5. The Morgan fingerprint density at radius 2 is 1.74 bits per heavy atom. The van der Waals surface area contributed by atoms with Gasteiger partial charge in [-0.2, -0.15) is 0 Å². The molecule has 1 saturated carbocycles. The first-order chi connectivity index (χ1) is 16.4. The van der Waals surface area contributed by atoms with E-state index in [0.717, 1.165) is 30.6 Å². The van der Waals surface area contributed by atoms with Gasteiger partial charge in [0.1, 0.15) is 5.75 Å². The number of aliphatic hydroxyl groups is 2. The van der Waals surface area contributed by atoms with Crippen LogP contribution in [0.2, 0.25) is 0 Å². The molecule has 1 fully saturated rings. The van der Waals surface area contributed by atoms with Crippen molar-refractivity contribution in [2.45, 2.75) is 89.9 Å². The summed E-state index contributed by atoms with van der Waals surface area (Å²) in [6.45, 7) is 2.79. The number of carboxylic acids is 1. The Balaban J connectivity index is 0.000000479. The number of carboxylic acid groups (broad SMARTS) is 1. The Labute approximate surface area is 205 Å². The normalized spacial score (nSPS) is 22.1. The van der Waals surface area contributed by atoms with E-state index >= 15 is 0 Å². The zero-order valence-electron chi connectivity index (χ0n) is 20.9. The van der Waals surface area contributed by atoms with Crippen molar-refractivity contribution in [3.8, 4) is 5.75 Å². The number of allylic oxidation sites excluding steroid dienone is 3. The molecule has 1 aromatic carbocycles. The Hall–Kier alpha value is -2.15. The van der Waals surface area contributed by atoms with Crippen LogP contribution in [-0.2, 0) is 11.3 Å². The van der Waals surface area contributed by atoms with Crippen LogP contribution >= 0.6 is 0 Å². The number of methoxy groups -OCH3 is 1. The average Bonchev–Trinajstić information content (AvgIpc) is 3.10. The Kier molecular flexibility index (Phi) is 16.0. The maximum absolute atomic E-state index is 10.5. The molecule has 0 radical (unpaired) electrons. The minimum atomic E-state index is -0.762. The molecule has 0 heterocycles. The average molecular weight is 476 g/mol. The predicted molar refractivity (Wildman–Crippen MR) is 138 cm³/mol. The first-order valence-electron chi connectivity index (χ1n) is 12.6. The highest BCUT2D eigenvalue weighted by atomic mass is 16.5. The van der Waals surface area contributed by atoms with Crippen LogP contribution in [-0.4, -0.2) is 40.6 Å². The molecule has 0 saturated heterocycles. The van der Waals surface area contributed by atoms with Crippen LogP contribution in [0.25, 0.3) is 0 Å². The summed E-state index contributed by atoms with van der Waals surface area (Å²) in [4.78, 5) is 10.5. The molecule has 192 valence electrons. The topological polar surface area (TPSA) is 113 Å². The van der Waals surface area contributed by atoms with Gasteiger partial charge in [-0.3, -0.25) is 4.79 Å². The Morgan fingerprint density at radius 3 is 2.35 bits per heavy atom. The lowest BCUT2D eigenvalue weighted by molar-refractivity contribution is -0.137. The molecule has 6 nitrogen and oxygen atoms in total. The SMILES string of the molecule is CCCCCCC=C[C@@H]1[C@@H](CC=CCCCC(=O)O)[C@@H](O)C[C@H]1O.COc1ccc(CN)cc1. The number of ether oxygens (including phenoxy) is 1. The third-order valence-electron chi connectivity index (χ3n) is 6.23. The van der Waals surface area contributed by atoms with E-state index in [1.807, 2.05) is 36.4 Å². The van der Waals surface area contributed by atoms with E-state index < -0.39 is 18.2 Å². The highest BCUT2D eigenvalue weighted by Gasteiger charge is 2.39. The van der Waals surface area contributed by atoms with E-state index in [9.17, 15) is 15.0 Å². The summed E-state index contributed by atoms with van der Waals surface area (Å²) in [6, 6.07) is 7.72. The van der Waals surface area contributed by atoms with E-state index in [2.05, 4.69) is 19.1 Å². The molecule has 1 aliphatic carbocycles. The monoisotopic (exact) mass is 475 g/mol. The van der Waals surface area contributed by atoms with Crippen molar-refractivity contribution in [2.24, 2.45) is 17.6 Å². The maximum atomic E-state index is 10.5. The number of nitrogens with two attached hydrogens (primary N) is 1. The first kappa shape index (κ1) is 29.9. The number of aliphatic carboxylic acids is 1. The van der Waals surface area contributed by atoms with Gasteiger partial charge in [-0.15, -0.1) is 0 Å². The molecule has 0 spiro atoms. The third-order valence-corrected chi connectivity index (χ3v) is 6.23. The molecule has 0 aromatic heterocycles. The molecular formula is C28H45NO5. The van der Waals surface area contributed by atoms with Crippen molar-refractivity contribution in [3.05, 3.63) is 54.1 Å². The van der Waals surface area contributed by atoms with Crippen LogP contribution in [0.5, 0.6) is 5.75 Å². The van der Waals surface area contributed by atoms with Gasteiger partial charge in [-0.25, -0.2) is 0 Å². The van der Waals surface area contributed by atoms with Crippen LogP contribution in [0, 0.1) is 11.8 Å². The summed E-state index contributed by atoms with van der Waals surface area (Å²) in [6.07, 6.45) is 16.1. The zero-order valence-corrected chi connectivity index (χ0v) is 20.9. The van der Waals surface area contributed by atoms with Gasteiger partial charge in [-0.1, -0.05) is 62.6 Å². The summed E-state index contributed by atoms with van der Waals surface area (Å²) in [5, 5.41) is 28.9. The van der Waals surface area contributed by atoms with Gasteiger partial charge in [0.2, 0.25) is 0 Å². The molecule has 0 aliphatic heterocycles. The van der Waals surface area contributed by atoms with Crippen LogP contribution in [0.4, 0.5) is 0 Å². The van der Waals surface area contributed by atoms with Gasteiger partial charge in [-0.05, 0) is 55.7 Å². The predicted octanol–water partition coefficient (Wildman–Crippen LogP) is 5.23. The fourth-order valence-electron chi connectivity index (χ4n) is 4.15. The van der Waals surface area contributed by atoms with E-state index in [1.165, 1.54) is 25.7 Å². The van der Waals surface area contributed by atoms with E-state index in [1.54, 1.807) is 7.11 Å². The molecule has 6 heteroatoms. The molecule has 0 amide bonds. The van der Waals surface area contributed by atoms with Gasteiger partial charge in [0.05, 0.1) is 19.3 Å². The summed E-state index contributed by atoms with van der Waals surface area (Å²) in [7, 11) is 1.65. The fourth-order valence-corrected chi connectivity index (χ4v) is 4.15. The van der Waals surface area contributed by atoms with E-state index in [-0.39, 0.29) is 18.3 Å². The van der Waals surface area contributed by atoms with Gasteiger partial charge >= 0.3 is 5.97 Å². The molecular weight excluding hydrogens is 430 g/mol. The summed E-state index contributed by atoms with van der Waals surface area (Å²) >= 11 is 0. The standard InChI is InChI=1S/C20H34O4.C8H11NO/c1-2-3-4-5-6-9-12-16-17(19(22)15-18(16)21)13-10-7-8-11-14-20(23)24;1-10-8-4-2-7(6-9)3-5-8/h7,9-10,12,16-19,21-22H,2-6,8,11,13-15H2,1H3,(H,23,24);2-5H,6,9H2,1H3/t16-,17-,18-,19+;/m1./s1. The molecule has 0 unspecified atom stereocenters. The van der Waals surface area contributed by atoms with Gasteiger partial charge in [0, 0.05) is 25.3 Å². The van der Waals surface area contributed by atoms with Crippen molar-refractivity contribution in [3.63, 3.8) is 0 Å². The zero-order chi connectivity index (χ0) is 25.2. The van der Waals surface area contributed by atoms with Gasteiger partial charge in [0.25, 0.3) is 0 Å². The number of unbranched alkanes of at least 4 members (excludes halogenated alkanes) is 5. The lowest BCUT2D eigenvalue weighted by atomic mass is 9.89. The number of rotatable bonds is 14. The molecule has 4 atom stereocenters. The largest absolute Gasteiger partial charge is 0.497 e. The number of benzene rings is 1. The summed E-state index contributed by atoms with van der Waals surface area (Å²) in [5.41, 5.74) is 6.53. The van der Waals surface area contributed by atoms with E-state index in [4.69, 9.17) is 15.6 Å². The highest BCUT2D eigenvalue weighted by Crippen LogP contribution is 2.36. The van der Waals surface area contributed by atoms with Gasteiger partial charge < -0.3 is 25.8 Å². The maximum Gasteiger partial charge on any atom is 0.303 e. The van der Waals surface area contributed by atoms with Gasteiger partial charge in [0.15, 0.2) is 0 Å².